The molecule has 1 aliphatic rings. The summed E-state index contributed by atoms with van der Waals surface area (Å²) < 4.78 is 31.3. The lowest BCUT2D eigenvalue weighted by molar-refractivity contribution is -0.0914. The Morgan fingerprint density at radius 2 is 1.49 bits per heavy atom. The average Bonchev–Trinajstić information content (AvgIpc) is 3.39. The second-order valence-corrected chi connectivity index (χ2v) is 14.0. The Bertz CT molecular complexity index is 1640. The van der Waals surface area contributed by atoms with Crippen molar-refractivity contribution in [3.8, 4) is 11.5 Å². The van der Waals surface area contributed by atoms with Crippen LogP contribution in [0.2, 0.25) is 0 Å². The van der Waals surface area contributed by atoms with Gasteiger partial charge < -0.3 is 28.4 Å². The van der Waals surface area contributed by atoms with Crippen molar-refractivity contribution < 1.29 is 28.4 Å². The Morgan fingerprint density at radius 1 is 0.930 bits per heavy atom. The summed E-state index contributed by atoms with van der Waals surface area (Å²) in [4.78, 5) is 37.0. The predicted octanol–water partition coefficient (Wildman–Crippen LogP) is 4.17. The van der Waals surface area contributed by atoms with Crippen LogP contribution in [0.25, 0.3) is 0 Å². The van der Waals surface area contributed by atoms with Gasteiger partial charge in [0.25, 0.3) is 5.56 Å². The van der Waals surface area contributed by atoms with E-state index in [1.54, 1.807) is 14.2 Å². The minimum absolute atomic E-state index is 0.00154. The van der Waals surface area contributed by atoms with Crippen LogP contribution in [0, 0.1) is 0 Å². The van der Waals surface area contributed by atoms with E-state index in [9.17, 15) is 14.5 Å². The van der Waals surface area contributed by atoms with E-state index in [1.807, 2.05) is 78.9 Å². The standard InChI is InChI=1S/C31H33N2O8PS/c1-37-24-13-9-22(10-14-24)31(21-7-5-4-6-8-21,23-11-15-25(38-2)16-12-23)39-20-27-26(41-42(3,36)43)19-29(40-27)33-18-17-28(34)32-30(33)35/h4-18,26-27,29H,19-20H2,1-3H3,(H,36,43)(H,32,34,35)/t26-,27+,29+,42?/m0/s1. The lowest BCUT2D eigenvalue weighted by atomic mass is 9.80. The van der Waals surface area contributed by atoms with Crippen LogP contribution in [-0.4, -0.2) is 54.1 Å². The number of hydrogen-bond acceptors (Lipinski definition) is 8. The predicted molar refractivity (Wildman–Crippen MR) is 165 cm³/mol. The van der Waals surface area contributed by atoms with Crippen molar-refractivity contribution >= 4 is 18.3 Å². The fourth-order valence-corrected chi connectivity index (χ4v) is 6.37. The van der Waals surface area contributed by atoms with Crippen LogP contribution >= 0.6 is 6.49 Å². The summed E-state index contributed by atoms with van der Waals surface area (Å²) in [6.07, 6.45) is -0.619. The molecule has 2 heterocycles. The summed E-state index contributed by atoms with van der Waals surface area (Å²) in [5, 5.41) is 0. The molecule has 4 aromatic rings. The number of nitrogens with zero attached hydrogens (tertiary/aromatic N) is 1. The van der Waals surface area contributed by atoms with E-state index in [2.05, 4.69) is 4.98 Å². The van der Waals surface area contributed by atoms with E-state index in [1.165, 1.54) is 23.5 Å². The minimum atomic E-state index is -3.12. The maximum atomic E-state index is 12.6. The molecule has 1 fully saturated rings. The third-order valence-electron chi connectivity index (χ3n) is 7.31. The van der Waals surface area contributed by atoms with Crippen molar-refractivity contribution in [3.05, 3.63) is 129 Å². The summed E-state index contributed by atoms with van der Waals surface area (Å²) in [7, 11) is 3.22. The fourth-order valence-electron chi connectivity index (χ4n) is 5.32. The molecule has 226 valence electrons. The molecular formula is C31H33N2O8PS. The van der Waals surface area contributed by atoms with Gasteiger partial charge in [0.05, 0.1) is 26.9 Å². The normalized spacial score (nSPS) is 20.0. The van der Waals surface area contributed by atoms with E-state index in [0.29, 0.717) is 11.5 Å². The summed E-state index contributed by atoms with van der Waals surface area (Å²) in [5.74, 6) is 1.39. The number of nitrogens with one attached hydrogen (secondary N) is 1. The molecule has 10 nitrogen and oxygen atoms in total. The van der Waals surface area contributed by atoms with Crippen LogP contribution < -0.4 is 20.7 Å². The molecule has 43 heavy (non-hydrogen) atoms. The number of rotatable bonds is 11. The van der Waals surface area contributed by atoms with Crippen molar-refractivity contribution in [2.45, 2.75) is 30.5 Å². The Labute approximate surface area is 254 Å². The van der Waals surface area contributed by atoms with E-state index in [4.69, 9.17) is 35.3 Å². The first kappa shape index (κ1) is 30.9. The average molecular weight is 625 g/mol. The molecule has 0 aliphatic carbocycles. The van der Waals surface area contributed by atoms with Crippen molar-refractivity contribution in [1.29, 1.82) is 0 Å². The molecular weight excluding hydrogens is 591 g/mol. The van der Waals surface area contributed by atoms with Crippen LogP contribution in [0.15, 0.2) is 101 Å². The smallest absolute Gasteiger partial charge is 0.330 e. The van der Waals surface area contributed by atoms with Crippen molar-refractivity contribution in [1.82, 2.24) is 9.55 Å². The van der Waals surface area contributed by atoms with Gasteiger partial charge in [-0.3, -0.25) is 14.3 Å². The van der Waals surface area contributed by atoms with Gasteiger partial charge in [0.2, 0.25) is 0 Å². The second-order valence-electron chi connectivity index (χ2n) is 10.1. The Morgan fingerprint density at radius 3 is 2.00 bits per heavy atom. The lowest BCUT2D eigenvalue weighted by Crippen LogP contribution is -2.38. The van der Waals surface area contributed by atoms with E-state index >= 15 is 0 Å². The topological polar surface area (TPSA) is 121 Å². The van der Waals surface area contributed by atoms with Gasteiger partial charge >= 0.3 is 5.69 Å². The van der Waals surface area contributed by atoms with Gasteiger partial charge in [-0.2, -0.15) is 0 Å². The number of hydrogen-bond donors (Lipinski definition) is 2. The molecule has 4 atom stereocenters. The highest BCUT2D eigenvalue weighted by molar-refractivity contribution is 8.09. The van der Waals surface area contributed by atoms with Crippen LogP contribution in [0.4, 0.5) is 0 Å². The molecule has 1 unspecified atom stereocenters. The highest BCUT2D eigenvalue weighted by atomic mass is 32.5. The highest BCUT2D eigenvalue weighted by Crippen LogP contribution is 2.46. The summed E-state index contributed by atoms with van der Waals surface area (Å²) >= 11 is 5.22. The number of benzene rings is 3. The van der Waals surface area contributed by atoms with E-state index < -0.39 is 41.8 Å². The van der Waals surface area contributed by atoms with Crippen molar-refractivity contribution in [3.63, 3.8) is 0 Å². The van der Waals surface area contributed by atoms with Gasteiger partial charge in [0, 0.05) is 25.3 Å². The van der Waals surface area contributed by atoms with E-state index in [0.717, 1.165) is 16.7 Å². The Hall–Kier alpha value is -3.57. The van der Waals surface area contributed by atoms with Gasteiger partial charge in [-0.1, -0.05) is 54.6 Å². The van der Waals surface area contributed by atoms with E-state index in [-0.39, 0.29) is 13.0 Å². The van der Waals surface area contributed by atoms with Gasteiger partial charge in [0.15, 0.2) is 6.49 Å². The molecule has 12 heteroatoms. The number of methoxy groups -OCH3 is 2. The first-order valence-electron chi connectivity index (χ1n) is 13.6. The zero-order chi connectivity index (χ0) is 30.6. The molecule has 0 amide bonds. The second kappa shape index (κ2) is 13.0. The molecule has 1 aromatic heterocycles. The number of aromatic nitrogens is 2. The van der Waals surface area contributed by atoms with Crippen LogP contribution in [-0.2, 0) is 31.4 Å². The molecule has 0 radical (unpaired) electrons. The van der Waals surface area contributed by atoms with Gasteiger partial charge in [-0.25, -0.2) is 4.79 Å². The third-order valence-corrected chi connectivity index (χ3v) is 8.23. The third kappa shape index (κ3) is 6.83. The summed E-state index contributed by atoms with van der Waals surface area (Å²) in [6, 6.07) is 26.3. The SMILES string of the molecule is COc1ccc(C(OC[C@H]2O[C@@H](n3ccc(=O)[nH]c3=O)C[C@@H]2OP(C)(O)=S)(c2ccccc2)c2ccc(OC)cc2)cc1. The molecule has 1 aliphatic heterocycles. The van der Waals surface area contributed by atoms with Crippen LogP contribution in [0.1, 0.15) is 29.3 Å². The number of H-pyrrole nitrogens is 1. The Kier molecular flexibility index (Phi) is 9.31. The van der Waals surface area contributed by atoms with Crippen LogP contribution in [0.5, 0.6) is 11.5 Å². The van der Waals surface area contributed by atoms with Crippen molar-refractivity contribution in [2.24, 2.45) is 0 Å². The summed E-state index contributed by atoms with van der Waals surface area (Å²) in [6.45, 7) is -1.66. The van der Waals surface area contributed by atoms with Gasteiger partial charge in [0.1, 0.15) is 29.4 Å². The molecule has 0 saturated carbocycles. The Balaban J connectivity index is 1.58. The molecule has 2 N–H and O–H groups in total. The maximum Gasteiger partial charge on any atom is 0.330 e. The zero-order valence-electron chi connectivity index (χ0n) is 23.9. The quantitative estimate of drug-likeness (QED) is 0.187. The highest BCUT2D eigenvalue weighted by Gasteiger charge is 2.44. The van der Waals surface area contributed by atoms with Gasteiger partial charge in [-0.15, -0.1) is 0 Å². The first-order valence-corrected chi connectivity index (χ1v) is 16.7. The van der Waals surface area contributed by atoms with Crippen LogP contribution in [0.3, 0.4) is 0 Å². The fraction of sp³-hybridized carbons (Fsp3) is 0.290. The molecule has 0 bridgehead atoms. The number of aromatic amines is 1. The molecule has 3 aromatic carbocycles. The lowest BCUT2D eigenvalue weighted by Gasteiger charge is -2.37. The van der Waals surface area contributed by atoms with Crippen molar-refractivity contribution in [2.75, 3.05) is 27.5 Å². The molecule has 1 saturated heterocycles. The molecule has 5 rings (SSSR count). The minimum Gasteiger partial charge on any atom is -0.497 e. The maximum absolute atomic E-state index is 12.6. The number of ether oxygens (including phenoxy) is 4. The summed E-state index contributed by atoms with van der Waals surface area (Å²) in [5.41, 5.74) is 0.266. The monoisotopic (exact) mass is 624 g/mol. The first-order chi connectivity index (χ1) is 20.6. The molecule has 0 spiro atoms. The van der Waals surface area contributed by atoms with Gasteiger partial charge in [-0.05, 0) is 52.8 Å². The zero-order valence-corrected chi connectivity index (χ0v) is 25.6. The largest absolute Gasteiger partial charge is 0.497 e.